The van der Waals surface area contributed by atoms with Crippen LogP contribution in [0.1, 0.15) is 119 Å². The number of ether oxygens (including phenoxy) is 3. The van der Waals surface area contributed by atoms with Crippen LogP contribution in [0.15, 0.2) is 0 Å². The van der Waals surface area contributed by atoms with E-state index in [2.05, 4.69) is 41.5 Å². The van der Waals surface area contributed by atoms with Crippen molar-refractivity contribution in [2.45, 2.75) is 131 Å². The molecule has 0 amide bonds. The molecule has 0 aromatic rings. The van der Waals surface area contributed by atoms with E-state index >= 15 is 0 Å². The maximum absolute atomic E-state index is 6.42. The summed E-state index contributed by atoms with van der Waals surface area (Å²) in [5.74, 6) is 0. The maximum Gasteiger partial charge on any atom is 0.0575 e. The summed E-state index contributed by atoms with van der Waals surface area (Å²) < 4.78 is 18.9. The third-order valence-corrected chi connectivity index (χ3v) is 5.41. The first kappa shape index (κ1) is 27.9. The molecule has 0 radical (unpaired) electrons. The third kappa shape index (κ3) is 14.8. The van der Waals surface area contributed by atoms with Gasteiger partial charge in [-0.3, -0.25) is 0 Å². The first-order valence-electron chi connectivity index (χ1n) is 12.4. The SMILES string of the molecule is CCCCOCC(C)(COC(CCC)CCCC)COC(CCC)CCCC. The highest BCUT2D eigenvalue weighted by Crippen LogP contribution is 2.24. The molecule has 0 aliphatic rings. The van der Waals surface area contributed by atoms with Gasteiger partial charge in [0.15, 0.2) is 0 Å². The summed E-state index contributed by atoms with van der Waals surface area (Å²) in [7, 11) is 0. The Bertz CT molecular complexity index is 297. The zero-order chi connectivity index (χ0) is 21.1. The molecule has 0 saturated heterocycles. The lowest BCUT2D eigenvalue weighted by Gasteiger charge is -2.33. The van der Waals surface area contributed by atoms with Gasteiger partial charge in [-0.05, 0) is 32.1 Å². The van der Waals surface area contributed by atoms with Gasteiger partial charge in [0.25, 0.3) is 0 Å². The molecule has 0 bridgehead atoms. The molecule has 0 heterocycles. The van der Waals surface area contributed by atoms with E-state index in [1.807, 2.05) is 0 Å². The third-order valence-electron chi connectivity index (χ3n) is 5.41. The van der Waals surface area contributed by atoms with E-state index in [0.717, 1.165) is 45.7 Å². The molecule has 170 valence electrons. The first-order valence-corrected chi connectivity index (χ1v) is 12.4. The summed E-state index contributed by atoms with van der Waals surface area (Å²) in [6, 6.07) is 0. The fraction of sp³-hybridized carbons (Fsp3) is 1.00. The second kappa shape index (κ2) is 18.9. The van der Waals surface area contributed by atoms with Gasteiger partial charge >= 0.3 is 0 Å². The van der Waals surface area contributed by atoms with Gasteiger partial charge in [-0.15, -0.1) is 0 Å². The highest BCUT2D eigenvalue weighted by Gasteiger charge is 2.28. The van der Waals surface area contributed by atoms with E-state index in [0.29, 0.717) is 12.2 Å². The second-order valence-electron chi connectivity index (χ2n) is 8.94. The van der Waals surface area contributed by atoms with Crippen LogP contribution in [0.4, 0.5) is 0 Å². The highest BCUT2D eigenvalue weighted by molar-refractivity contribution is 4.76. The molecule has 0 saturated carbocycles. The van der Waals surface area contributed by atoms with Crippen molar-refractivity contribution in [1.29, 1.82) is 0 Å². The molecule has 3 heteroatoms. The molecule has 2 atom stereocenters. The molecule has 0 fully saturated rings. The summed E-state index contributed by atoms with van der Waals surface area (Å²) >= 11 is 0. The summed E-state index contributed by atoms with van der Waals surface area (Å²) in [6.07, 6.45) is 15.1. The van der Waals surface area contributed by atoms with Crippen molar-refractivity contribution in [3.8, 4) is 0 Å². The molecule has 3 nitrogen and oxygen atoms in total. The molecule has 0 aliphatic heterocycles. The Labute approximate surface area is 177 Å². The number of hydrogen-bond acceptors (Lipinski definition) is 3. The normalized spacial score (nSPS) is 16.1. The van der Waals surface area contributed by atoms with Crippen molar-refractivity contribution < 1.29 is 14.2 Å². The van der Waals surface area contributed by atoms with Gasteiger partial charge in [0, 0.05) is 12.0 Å². The second-order valence-corrected chi connectivity index (χ2v) is 8.94. The molecule has 0 spiro atoms. The van der Waals surface area contributed by atoms with Gasteiger partial charge in [-0.2, -0.15) is 0 Å². The first-order chi connectivity index (χ1) is 13.5. The van der Waals surface area contributed by atoms with Crippen LogP contribution in [-0.2, 0) is 14.2 Å². The predicted octanol–water partition coefficient (Wildman–Crippen LogP) is 7.56. The van der Waals surface area contributed by atoms with E-state index < -0.39 is 0 Å². The van der Waals surface area contributed by atoms with Crippen molar-refractivity contribution in [2.75, 3.05) is 26.4 Å². The van der Waals surface area contributed by atoms with Crippen molar-refractivity contribution in [3.63, 3.8) is 0 Å². The zero-order valence-electron chi connectivity index (χ0n) is 20.2. The number of rotatable bonds is 21. The number of unbranched alkanes of at least 4 members (excludes halogenated alkanes) is 3. The van der Waals surface area contributed by atoms with E-state index in [4.69, 9.17) is 14.2 Å². The van der Waals surface area contributed by atoms with Crippen LogP contribution in [0.5, 0.6) is 0 Å². The van der Waals surface area contributed by atoms with E-state index in [9.17, 15) is 0 Å². The average molecular weight is 401 g/mol. The molecule has 0 aromatic heterocycles. The minimum atomic E-state index is -0.0653. The number of hydrogen-bond donors (Lipinski definition) is 0. The lowest BCUT2D eigenvalue weighted by atomic mass is 9.93. The Hall–Kier alpha value is -0.120. The van der Waals surface area contributed by atoms with Crippen molar-refractivity contribution in [1.82, 2.24) is 0 Å². The monoisotopic (exact) mass is 400 g/mol. The van der Waals surface area contributed by atoms with E-state index in [-0.39, 0.29) is 5.41 Å². The van der Waals surface area contributed by atoms with Gasteiger partial charge in [-0.25, -0.2) is 0 Å². The van der Waals surface area contributed by atoms with E-state index in [1.165, 1.54) is 57.8 Å². The Morgan fingerprint density at radius 1 is 0.571 bits per heavy atom. The topological polar surface area (TPSA) is 27.7 Å². The van der Waals surface area contributed by atoms with Crippen LogP contribution in [0.2, 0.25) is 0 Å². The van der Waals surface area contributed by atoms with Gasteiger partial charge < -0.3 is 14.2 Å². The molecule has 2 unspecified atom stereocenters. The van der Waals surface area contributed by atoms with Crippen molar-refractivity contribution >= 4 is 0 Å². The predicted molar refractivity (Wildman–Crippen MR) is 122 cm³/mol. The average Bonchev–Trinajstić information content (AvgIpc) is 2.70. The standard InChI is InChI=1S/C25H52O3/c1-7-12-17-23(15-10-4)27-21-25(6,20-26-19-14-9-3)22-28-24(16-11-5)18-13-8-2/h23-24H,7-22H2,1-6H3. The van der Waals surface area contributed by atoms with Gasteiger partial charge in [0.05, 0.1) is 32.0 Å². The maximum atomic E-state index is 6.42. The minimum Gasteiger partial charge on any atom is -0.381 e. The molecule has 28 heavy (non-hydrogen) atoms. The van der Waals surface area contributed by atoms with Gasteiger partial charge in [0.1, 0.15) is 0 Å². The summed E-state index contributed by atoms with van der Waals surface area (Å²) in [5.41, 5.74) is -0.0653. The van der Waals surface area contributed by atoms with Crippen LogP contribution >= 0.6 is 0 Å². The molecular weight excluding hydrogens is 348 g/mol. The summed E-state index contributed by atoms with van der Waals surface area (Å²) in [5, 5.41) is 0. The quantitative estimate of drug-likeness (QED) is 0.186. The zero-order valence-corrected chi connectivity index (χ0v) is 20.2. The molecule has 0 N–H and O–H groups in total. The van der Waals surface area contributed by atoms with Crippen LogP contribution < -0.4 is 0 Å². The van der Waals surface area contributed by atoms with Crippen molar-refractivity contribution in [3.05, 3.63) is 0 Å². The Kier molecular flexibility index (Phi) is 18.8. The van der Waals surface area contributed by atoms with Crippen LogP contribution in [0.25, 0.3) is 0 Å². The highest BCUT2D eigenvalue weighted by atomic mass is 16.5. The molecule has 0 aromatic carbocycles. The van der Waals surface area contributed by atoms with Gasteiger partial charge in [0.2, 0.25) is 0 Å². The molecule has 0 rings (SSSR count). The fourth-order valence-electron chi connectivity index (χ4n) is 3.46. The van der Waals surface area contributed by atoms with E-state index in [1.54, 1.807) is 0 Å². The summed E-state index contributed by atoms with van der Waals surface area (Å²) in [6.45, 7) is 16.6. The molecule has 0 aliphatic carbocycles. The van der Waals surface area contributed by atoms with Gasteiger partial charge in [-0.1, -0.05) is 86.5 Å². The minimum absolute atomic E-state index is 0.0653. The Morgan fingerprint density at radius 3 is 1.43 bits per heavy atom. The lowest BCUT2D eigenvalue weighted by molar-refractivity contribution is -0.0984. The lowest BCUT2D eigenvalue weighted by Crippen LogP contribution is -2.37. The van der Waals surface area contributed by atoms with Crippen molar-refractivity contribution in [2.24, 2.45) is 5.41 Å². The molecular formula is C25H52O3. The fourth-order valence-corrected chi connectivity index (χ4v) is 3.46. The van der Waals surface area contributed by atoms with Crippen LogP contribution in [0, 0.1) is 5.41 Å². The largest absolute Gasteiger partial charge is 0.381 e. The van der Waals surface area contributed by atoms with Crippen LogP contribution in [0.3, 0.4) is 0 Å². The summed E-state index contributed by atoms with van der Waals surface area (Å²) in [4.78, 5) is 0. The Morgan fingerprint density at radius 2 is 1.04 bits per heavy atom. The Balaban J connectivity index is 4.76. The smallest absolute Gasteiger partial charge is 0.0575 e. The van der Waals surface area contributed by atoms with Crippen LogP contribution in [-0.4, -0.2) is 38.6 Å².